The molecule has 9 heteroatoms. The molecule has 1 rings (SSSR count). The van der Waals surface area contributed by atoms with Crippen LogP contribution < -0.4 is 10.1 Å². The number of benzene rings is 1. The van der Waals surface area contributed by atoms with E-state index in [1.165, 1.54) is 6.92 Å². The predicted molar refractivity (Wildman–Crippen MR) is 90.5 cm³/mol. The largest absolute Gasteiger partial charge is 0.495 e. The Morgan fingerprint density at radius 3 is 2.26 bits per heavy atom. The van der Waals surface area contributed by atoms with E-state index in [0.29, 0.717) is 12.5 Å². The van der Waals surface area contributed by atoms with Crippen molar-refractivity contribution in [3.63, 3.8) is 0 Å². The lowest BCUT2D eigenvalue weighted by Crippen LogP contribution is -2.36. The summed E-state index contributed by atoms with van der Waals surface area (Å²) in [5, 5.41) is 2.76. The van der Waals surface area contributed by atoms with Gasteiger partial charge in [-0.15, -0.1) is 0 Å². The van der Waals surface area contributed by atoms with E-state index in [4.69, 9.17) is 4.74 Å². The Morgan fingerprint density at radius 1 is 1.07 bits per heavy atom. The quantitative estimate of drug-likeness (QED) is 0.394. The maximum atomic E-state index is 11.9. The average molecular weight is 391 g/mol. The van der Waals surface area contributed by atoms with Gasteiger partial charge in [0.25, 0.3) is 0 Å². The van der Waals surface area contributed by atoms with Crippen LogP contribution in [0.15, 0.2) is 24.3 Å². The van der Waals surface area contributed by atoms with Gasteiger partial charge in [-0.2, -0.15) is 13.2 Å². The van der Waals surface area contributed by atoms with Crippen molar-refractivity contribution in [2.75, 3.05) is 6.61 Å². The smallest absolute Gasteiger partial charge is 0.494 e. The maximum absolute atomic E-state index is 11.9. The van der Waals surface area contributed by atoms with Gasteiger partial charge < -0.3 is 10.1 Å². The number of carbonyl (C=O) groups is 2. The first-order valence-corrected chi connectivity index (χ1v) is 8.54. The van der Waals surface area contributed by atoms with Crippen molar-refractivity contribution >= 4 is 11.9 Å². The van der Waals surface area contributed by atoms with Crippen LogP contribution >= 0.6 is 0 Å². The highest BCUT2D eigenvalue weighted by Gasteiger charge is 2.43. The van der Waals surface area contributed by atoms with Crippen molar-refractivity contribution in [2.45, 2.75) is 52.4 Å². The van der Waals surface area contributed by atoms with Gasteiger partial charge in [-0.25, -0.2) is 19.4 Å². The fourth-order valence-electron chi connectivity index (χ4n) is 1.94. The second kappa shape index (κ2) is 10.8. The molecule has 0 unspecified atom stereocenters. The molecule has 0 aliphatic heterocycles. The van der Waals surface area contributed by atoms with Gasteiger partial charge in [0.05, 0.1) is 6.61 Å². The summed E-state index contributed by atoms with van der Waals surface area (Å²) in [4.78, 5) is 29.3. The molecule has 1 aromatic rings. The molecular weight excluding hydrogens is 367 g/mol. The van der Waals surface area contributed by atoms with Crippen LogP contribution in [-0.4, -0.2) is 30.8 Å². The Morgan fingerprint density at radius 2 is 1.70 bits per heavy atom. The van der Waals surface area contributed by atoms with Crippen LogP contribution in [-0.2, 0) is 25.9 Å². The minimum atomic E-state index is -5.23. The third-order valence-corrected chi connectivity index (χ3v) is 3.51. The zero-order chi connectivity index (χ0) is 20.4. The molecule has 1 N–H and O–H groups in total. The highest BCUT2D eigenvalue weighted by atomic mass is 19.4. The van der Waals surface area contributed by atoms with Crippen LogP contribution in [0.4, 0.5) is 13.2 Å². The molecule has 0 aliphatic rings. The number of halogens is 3. The number of hydrogen-bond donors (Lipinski definition) is 1. The lowest BCUT2D eigenvalue weighted by Gasteiger charge is -2.13. The highest BCUT2D eigenvalue weighted by Crippen LogP contribution is 2.17. The molecule has 0 radical (unpaired) electrons. The van der Waals surface area contributed by atoms with Gasteiger partial charge in [-0.3, -0.25) is 0 Å². The molecule has 1 aromatic carbocycles. The Labute approximate surface area is 155 Å². The molecule has 0 saturated carbocycles. The summed E-state index contributed by atoms with van der Waals surface area (Å²) in [6, 6.07) is 6.21. The third-order valence-electron chi connectivity index (χ3n) is 3.51. The number of rotatable bonds is 9. The Balaban J connectivity index is 2.33. The Kier molecular flexibility index (Phi) is 9.07. The van der Waals surface area contributed by atoms with E-state index in [0.717, 1.165) is 24.2 Å². The van der Waals surface area contributed by atoms with E-state index in [1.807, 2.05) is 0 Å². The first-order chi connectivity index (χ1) is 12.6. The van der Waals surface area contributed by atoms with Crippen LogP contribution in [0.2, 0.25) is 0 Å². The monoisotopic (exact) mass is 391 g/mol. The van der Waals surface area contributed by atoms with Crippen molar-refractivity contribution in [3.05, 3.63) is 29.8 Å². The van der Waals surface area contributed by atoms with Crippen LogP contribution in [0.1, 0.15) is 39.2 Å². The lowest BCUT2D eigenvalue weighted by atomic mass is 10.1. The van der Waals surface area contributed by atoms with Crippen molar-refractivity contribution < 1.29 is 37.3 Å². The minimum Gasteiger partial charge on any atom is -0.494 e. The summed E-state index contributed by atoms with van der Waals surface area (Å²) >= 11 is 0. The minimum absolute atomic E-state index is 0.261. The molecule has 0 heterocycles. The van der Waals surface area contributed by atoms with Crippen LogP contribution in [0.3, 0.4) is 0 Å². The predicted octanol–water partition coefficient (Wildman–Crippen LogP) is 3.54. The van der Waals surface area contributed by atoms with Crippen LogP contribution in [0.5, 0.6) is 5.75 Å². The molecule has 152 valence electrons. The standard InChI is InChI=1S/C18H24F3NO5/c1-12(2)5-4-10-25-15-8-6-14(7-9-15)11-22-13(3)16(23)26-27-17(24)18(19,20)21/h6-9,12-13,22H,4-5,10-11H2,1-3H3/t13-/m0/s1. The van der Waals surface area contributed by atoms with Crippen molar-refractivity contribution in [1.29, 1.82) is 0 Å². The van der Waals surface area contributed by atoms with Gasteiger partial charge in [-0.05, 0) is 43.4 Å². The molecule has 1 atom stereocenters. The van der Waals surface area contributed by atoms with Gasteiger partial charge in [-0.1, -0.05) is 26.0 Å². The SMILES string of the molecule is CC(C)CCCOc1ccc(CN[C@@H](C)C(=O)OOC(=O)C(F)(F)F)cc1. The van der Waals surface area contributed by atoms with E-state index in [1.54, 1.807) is 24.3 Å². The summed E-state index contributed by atoms with van der Waals surface area (Å²) in [7, 11) is 0. The molecule has 27 heavy (non-hydrogen) atoms. The average Bonchev–Trinajstić information content (AvgIpc) is 2.60. The second-order valence-electron chi connectivity index (χ2n) is 6.40. The molecule has 0 bridgehead atoms. The normalized spacial score (nSPS) is 12.6. The van der Waals surface area contributed by atoms with Crippen LogP contribution in [0, 0.1) is 5.92 Å². The lowest BCUT2D eigenvalue weighted by molar-refractivity contribution is -0.286. The van der Waals surface area contributed by atoms with Gasteiger partial charge in [0.1, 0.15) is 11.8 Å². The second-order valence-corrected chi connectivity index (χ2v) is 6.40. The van der Waals surface area contributed by atoms with E-state index >= 15 is 0 Å². The van der Waals surface area contributed by atoms with E-state index < -0.39 is 24.2 Å². The van der Waals surface area contributed by atoms with Gasteiger partial charge in [0.2, 0.25) is 0 Å². The topological polar surface area (TPSA) is 73.9 Å². The van der Waals surface area contributed by atoms with E-state index in [-0.39, 0.29) is 6.54 Å². The molecule has 0 saturated heterocycles. The summed E-state index contributed by atoms with van der Waals surface area (Å²) in [5.41, 5.74) is 0.830. The van der Waals surface area contributed by atoms with Gasteiger partial charge in [0, 0.05) is 6.54 Å². The molecule has 0 aliphatic carbocycles. The molecular formula is C18H24F3NO5. The van der Waals surface area contributed by atoms with Crippen LogP contribution in [0.25, 0.3) is 0 Å². The van der Waals surface area contributed by atoms with Crippen molar-refractivity contribution in [1.82, 2.24) is 5.32 Å². The number of nitrogens with one attached hydrogen (secondary N) is 1. The number of alkyl halides is 3. The Hall–Kier alpha value is -2.29. The van der Waals surface area contributed by atoms with E-state index in [9.17, 15) is 22.8 Å². The van der Waals surface area contributed by atoms with E-state index in [2.05, 4.69) is 28.9 Å². The summed E-state index contributed by atoms with van der Waals surface area (Å²) in [6.45, 7) is 6.57. The number of hydrogen-bond acceptors (Lipinski definition) is 6. The summed E-state index contributed by atoms with van der Waals surface area (Å²) < 4.78 is 41.5. The van der Waals surface area contributed by atoms with Crippen molar-refractivity contribution in [2.24, 2.45) is 5.92 Å². The molecule has 0 aromatic heterocycles. The maximum Gasteiger partial charge on any atom is 0.495 e. The fourth-order valence-corrected chi connectivity index (χ4v) is 1.94. The summed E-state index contributed by atoms with van der Waals surface area (Å²) in [6.07, 6.45) is -3.16. The molecule has 0 fully saturated rings. The molecule has 6 nitrogen and oxygen atoms in total. The third kappa shape index (κ3) is 9.28. The first kappa shape index (κ1) is 22.8. The zero-order valence-electron chi connectivity index (χ0n) is 15.5. The number of carbonyl (C=O) groups excluding carboxylic acids is 2. The van der Waals surface area contributed by atoms with Gasteiger partial charge >= 0.3 is 18.1 Å². The Bertz CT molecular complexity index is 602. The molecule has 0 spiro atoms. The zero-order valence-corrected chi connectivity index (χ0v) is 15.5. The molecule has 0 amide bonds. The van der Waals surface area contributed by atoms with Crippen molar-refractivity contribution in [3.8, 4) is 5.75 Å². The van der Waals surface area contributed by atoms with Gasteiger partial charge in [0.15, 0.2) is 0 Å². The summed E-state index contributed by atoms with van der Waals surface area (Å²) in [5.74, 6) is -2.37. The number of ether oxygens (including phenoxy) is 1. The first-order valence-electron chi connectivity index (χ1n) is 8.54. The fraction of sp³-hybridized carbons (Fsp3) is 0.556. The highest BCUT2D eigenvalue weighted by molar-refractivity contribution is 5.78.